The summed E-state index contributed by atoms with van der Waals surface area (Å²) < 4.78 is 2.54. The summed E-state index contributed by atoms with van der Waals surface area (Å²) in [4.78, 5) is 8.55. The average Bonchev–Trinajstić information content (AvgIpc) is 2.61. The van der Waals surface area contributed by atoms with Gasteiger partial charge in [-0.05, 0) is 39.9 Å². The van der Waals surface area contributed by atoms with Gasteiger partial charge >= 0.3 is 0 Å². The van der Waals surface area contributed by atoms with Crippen LogP contribution in [-0.2, 0) is 5.54 Å². The molecule has 0 saturated carbocycles. The van der Waals surface area contributed by atoms with Crippen LogP contribution in [0.3, 0.4) is 0 Å². The molecule has 90 valence electrons. The maximum Gasteiger partial charge on any atom is 0.195 e. The third-order valence-electron chi connectivity index (χ3n) is 2.35. The smallest absolute Gasteiger partial charge is 0.195 e. The normalized spacial score (nSPS) is 11.8. The number of H-pyrrole nitrogens is 1. The fraction of sp³-hybridized carbons (Fsp3) is 0.455. The Labute approximate surface area is 105 Å². The van der Waals surface area contributed by atoms with E-state index in [1.807, 2.05) is 11.5 Å². The molecule has 2 heterocycles. The van der Waals surface area contributed by atoms with Crippen LogP contribution >= 0.6 is 12.2 Å². The fourth-order valence-corrected chi connectivity index (χ4v) is 2.01. The molecule has 0 spiro atoms. The van der Waals surface area contributed by atoms with Crippen LogP contribution in [0.25, 0.3) is 11.5 Å². The largest absolute Gasteiger partial charge is 0.293 e. The van der Waals surface area contributed by atoms with Gasteiger partial charge in [-0.25, -0.2) is 4.98 Å². The van der Waals surface area contributed by atoms with Crippen molar-refractivity contribution in [3.05, 3.63) is 22.9 Å². The van der Waals surface area contributed by atoms with Crippen molar-refractivity contribution < 1.29 is 0 Å². The van der Waals surface area contributed by atoms with E-state index in [0.717, 1.165) is 17.2 Å². The maximum atomic E-state index is 5.24. The van der Waals surface area contributed by atoms with E-state index < -0.39 is 0 Å². The third kappa shape index (κ3) is 2.26. The Kier molecular flexibility index (Phi) is 2.82. The second-order valence-electron chi connectivity index (χ2n) is 4.90. The molecule has 2 rings (SSSR count). The van der Waals surface area contributed by atoms with Gasteiger partial charge < -0.3 is 0 Å². The molecule has 0 fully saturated rings. The third-order valence-corrected chi connectivity index (χ3v) is 2.63. The van der Waals surface area contributed by atoms with Gasteiger partial charge in [-0.15, -0.1) is 0 Å². The Morgan fingerprint density at radius 2 is 1.94 bits per heavy atom. The summed E-state index contributed by atoms with van der Waals surface area (Å²) in [5.74, 6) is 0.718. The summed E-state index contributed by atoms with van der Waals surface area (Å²) >= 11 is 5.24. The van der Waals surface area contributed by atoms with Crippen molar-refractivity contribution in [3.63, 3.8) is 0 Å². The minimum absolute atomic E-state index is 0.147. The molecule has 0 bridgehead atoms. The monoisotopic (exact) mass is 249 g/mol. The first kappa shape index (κ1) is 11.9. The van der Waals surface area contributed by atoms with Gasteiger partial charge in [0.15, 0.2) is 10.6 Å². The Bertz CT molecular complexity index is 573. The number of aromatic nitrogens is 5. The van der Waals surface area contributed by atoms with Crippen molar-refractivity contribution in [2.45, 2.75) is 33.2 Å². The number of nitrogens with one attached hydrogen (secondary N) is 1. The fourth-order valence-electron chi connectivity index (χ4n) is 1.60. The number of hydrogen-bond donors (Lipinski definition) is 1. The minimum Gasteiger partial charge on any atom is -0.293 e. The Balaban J connectivity index is 2.61. The second kappa shape index (κ2) is 4.03. The van der Waals surface area contributed by atoms with Gasteiger partial charge in [0.1, 0.15) is 5.69 Å². The van der Waals surface area contributed by atoms with E-state index in [2.05, 4.69) is 40.9 Å². The van der Waals surface area contributed by atoms with Gasteiger partial charge in [0.2, 0.25) is 0 Å². The van der Waals surface area contributed by atoms with E-state index in [4.69, 9.17) is 12.2 Å². The molecule has 5 nitrogen and oxygen atoms in total. The SMILES string of the molecule is Cc1cnc(-c2n[nH]c(=S)n2C(C)(C)C)cn1. The topological polar surface area (TPSA) is 59.4 Å². The van der Waals surface area contributed by atoms with Gasteiger partial charge in [-0.2, -0.15) is 5.10 Å². The van der Waals surface area contributed by atoms with Crippen molar-refractivity contribution in [1.82, 2.24) is 24.7 Å². The molecule has 0 atom stereocenters. The number of hydrogen-bond acceptors (Lipinski definition) is 4. The van der Waals surface area contributed by atoms with Crippen molar-refractivity contribution >= 4 is 12.2 Å². The molecule has 0 aliphatic carbocycles. The highest BCUT2D eigenvalue weighted by Gasteiger charge is 2.21. The van der Waals surface area contributed by atoms with Crippen molar-refractivity contribution in [3.8, 4) is 11.5 Å². The highest BCUT2D eigenvalue weighted by molar-refractivity contribution is 7.71. The number of nitrogens with zero attached hydrogens (tertiary/aromatic N) is 4. The van der Waals surface area contributed by atoms with Gasteiger partial charge in [0, 0.05) is 11.7 Å². The Hall–Kier alpha value is -1.56. The van der Waals surface area contributed by atoms with Gasteiger partial charge in [0.25, 0.3) is 0 Å². The van der Waals surface area contributed by atoms with Crippen molar-refractivity contribution in [2.24, 2.45) is 0 Å². The maximum absolute atomic E-state index is 5.24. The first-order chi connectivity index (χ1) is 7.89. The van der Waals surface area contributed by atoms with Gasteiger partial charge in [-0.1, -0.05) is 0 Å². The highest BCUT2D eigenvalue weighted by Crippen LogP contribution is 2.22. The molecule has 6 heteroatoms. The van der Waals surface area contributed by atoms with Crippen LogP contribution in [0.5, 0.6) is 0 Å². The molecular formula is C11H15N5S. The van der Waals surface area contributed by atoms with Crippen LogP contribution < -0.4 is 0 Å². The molecular weight excluding hydrogens is 234 g/mol. The molecule has 2 aromatic heterocycles. The predicted molar refractivity (Wildman–Crippen MR) is 68.2 cm³/mol. The van der Waals surface area contributed by atoms with Crippen molar-refractivity contribution in [2.75, 3.05) is 0 Å². The van der Waals surface area contributed by atoms with E-state index in [0.29, 0.717) is 4.77 Å². The van der Waals surface area contributed by atoms with E-state index >= 15 is 0 Å². The van der Waals surface area contributed by atoms with E-state index in [9.17, 15) is 0 Å². The number of rotatable bonds is 1. The van der Waals surface area contributed by atoms with Crippen molar-refractivity contribution in [1.29, 1.82) is 0 Å². The molecule has 0 aromatic carbocycles. The minimum atomic E-state index is -0.147. The summed E-state index contributed by atoms with van der Waals surface area (Å²) in [6.45, 7) is 8.12. The zero-order valence-electron chi connectivity index (χ0n) is 10.4. The lowest BCUT2D eigenvalue weighted by atomic mass is 10.1. The van der Waals surface area contributed by atoms with Gasteiger partial charge in [0.05, 0.1) is 11.9 Å². The molecule has 0 radical (unpaired) electrons. The lowest BCUT2D eigenvalue weighted by Crippen LogP contribution is -2.23. The van der Waals surface area contributed by atoms with Crippen LogP contribution in [-0.4, -0.2) is 24.7 Å². The van der Waals surface area contributed by atoms with Crippen LogP contribution in [0.15, 0.2) is 12.4 Å². The summed E-state index contributed by atoms with van der Waals surface area (Å²) in [7, 11) is 0. The van der Waals surface area contributed by atoms with E-state index in [1.165, 1.54) is 0 Å². The number of aromatic amines is 1. The molecule has 0 aliphatic heterocycles. The first-order valence-electron chi connectivity index (χ1n) is 5.36. The molecule has 0 amide bonds. The summed E-state index contributed by atoms with van der Waals surface area (Å²) in [5.41, 5.74) is 1.45. The van der Waals surface area contributed by atoms with Crippen LogP contribution in [0, 0.1) is 11.7 Å². The highest BCUT2D eigenvalue weighted by atomic mass is 32.1. The quantitative estimate of drug-likeness (QED) is 0.789. The summed E-state index contributed by atoms with van der Waals surface area (Å²) in [6.07, 6.45) is 3.43. The van der Waals surface area contributed by atoms with Crippen LogP contribution in [0.2, 0.25) is 0 Å². The second-order valence-corrected chi connectivity index (χ2v) is 5.29. The summed E-state index contributed by atoms with van der Waals surface area (Å²) in [5, 5.41) is 7.03. The lowest BCUT2D eigenvalue weighted by molar-refractivity contribution is 0.395. The predicted octanol–water partition coefficient (Wildman–Crippen LogP) is 2.46. The van der Waals surface area contributed by atoms with Crippen LogP contribution in [0.1, 0.15) is 26.5 Å². The van der Waals surface area contributed by atoms with Crippen LogP contribution in [0.4, 0.5) is 0 Å². The van der Waals surface area contributed by atoms with E-state index in [1.54, 1.807) is 12.4 Å². The zero-order chi connectivity index (χ0) is 12.6. The Morgan fingerprint density at radius 1 is 1.24 bits per heavy atom. The Morgan fingerprint density at radius 3 is 2.47 bits per heavy atom. The first-order valence-corrected chi connectivity index (χ1v) is 5.77. The standard InChI is InChI=1S/C11H15N5S/c1-7-5-13-8(6-12-7)9-14-15-10(17)16(9)11(2,3)4/h5-6H,1-4H3,(H,15,17). The molecule has 1 N–H and O–H groups in total. The lowest BCUT2D eigenvalue weighted by Gasteiger charge is -2.22. The zero-order valence-corrected chi connectivity index (χ0v) is 11.2. The molecule has 0 aliphatic rings. The molecule has 0 unspecified atom stereocenters. The molecule has 0 saturated heterocycles. The summed E-state index contributed by atoms with van der Waals surface area (Å²) in [6, 6.07) is 0. The van der Waals surface area contributed by atoms with E-state index in [-0.39, 0.29) is 5.54 Å². The van der Waals surface area contributed by atoms with Gasteiger partial charge in [-0.3, -0.25) is 14.6 Å². The molecule has 17 heavy (non-hydrogen) atoms. The number of aryl methyl sites for hydroxylation is 1. The average molecular weight is 249 g/mol. The molecule has 2 aromatic rings.